The van der Waals surface area contributed by atoms with Gasteiger partial charge in [0.25, 0.3) is 0 Å². The maximum absolute atomic E-state index is 11.2. The topological polar surface area (TPSA) is 42.0 Å². The number of hydrogen-bond acceptors (Lipinski definition) is 4. The van der Waals surface area contributed by atoms with Crippen molar-refractivity contribution in [1.82, 2.24) is 4.98 Å². The molecule has 1 N–H and O–H groups in total. The van der Waals surface area contributed by atoms with Gasteiger partial charge in [-0.1, -0.05) is 18.2 Å². The Morgan fingerprint density at radius 3 is 2.57 bits per heavy atom. The number of hydrogen-bond donors (Lipinski definition) is 1. The first kappa shape index (κ1) is 13.6. The first-order chi connectivity index (χ1) is 10.2. The predicted octanol–water partition coefficient (Wildman–Crippen LogP) is 4.56. The molecule has 0 radical (unpaired) electrons. The Kier molecular flexibility index (Phi) is 3.88. The van der Waals surface area contributed by atoms with E-state index in [1.54, 1.807) is 13.1 Å². The fourth-order valence-electron chi connectivity index (χ4n) is 2.05. The van der Waals surface area contributed by atoms with E-state index in [4.69, 9.17) is 0 Å². The fraction of sp³-hybridized carbons (Fsp3) is 0.0588. The van der Waals surface area contributed by atoms with E-state index >= 15 is 0 Å². The third-order valence-electron chi connectivity index (χ3n) is 3.17. The lowest BCUT2D eigenvalue weighted by atomic mass is 10.1. The zero-order valence-corrected chi connectivity index (χ0v) is 12.4. The molecule has 3 rings (SSSR count). The number of carbonyl (C=O) groups excluding carboxylic acids is 1. The lowest BCUT2D eigenvalue weighted by molar-refractivity contribution is 0.101. The van der Waals surface area contributed by atoms with Crippen LogP contribution < -0.4 is 4.72 Å². The van der Waals surface area contributed by atoms with E-state index in [1.807, 2.05) is 54.6 Å². The van der Waals surface area contributed by atoms with Crippen molar-refractivity contribution in [2.45, 2.75) is 11.8 Å². The molecule has 0 aliphatic heterocycles. The van der Waals surface area contributed by atoms with Gasteiger partial charge in [-0.05, 0) is 55.3 Å². The Morgan fingerprint density at radius 2 is 1.81 bits per heavy atom. The number of para-hydroxylation sites is 1. The number of nitrogens with zero attached hydrogens (tertiary/aromatic N) is 1. The van der Waals surface area contributed by atoms with Gasteiger partial charge in [0.2, 0.25) is 0 Å². The number of aromatic nitrogens is 1. The number of anilines is 1. The van der Waals surface area contributed by atoms with Crippen LogP contribution in [0.3, 0.4) is 0 Å². The first-order valence-corrected chi connectivity index (χ1v) is 7.43. The lowest BCUT2D eigenvalue weighted by Gasteiger charge is -2.08. The molecule has 0 spiro atoms. The van der Waals surface area contributed by atoms with Gasteiger partial charge in [0.05, 0.1) is 10.4 Å². The molecule has 0 saturated carbocycles. The zero-order valence-electron chi connectivity index (χ0n) is 11.5. The molecule has 1 aromatic heterocycles. The Balaban J connectivity index is 1.79. The van der Waals surface area contributed by atoms with Crippen LogP contribution in [0, 0.1) is 0 Å². The number of rotatable bonds is 4. The Bertz CT molecular complexity index is 779. The van der Waals surface area contributed by atoms with E-state index in [2.05, 4.69) is 9.71 Å². The maximum atomic E-state index is 11.2. The van der Waals surface area contributed by atoms with Crippen molar-refractivity contribution in [2.75, 3.05) is 4.72 Å². The van der Waals surface area contributed by atoms with Gasteiger partial charge in [-0.15, -0.1) is 0 Å². The first-order valence-electron chi connectivity index (χ1n) is 6.61. The van der Waals surface area contributed by atoms with Crippen molar-refractivity contribution in [1.29, 1.82) is 0 Å². The molecule has 0 bridgehead atoms. The molecule has 0 amide bonds. The van der Waals surface area contributed by atoms with E-state index < -0.39 is 0 Å². The van der Waals surface area contributed by atoms with Crippen molar-refractivity contribution in [2.24, 2.45) is 0 Å². The molecule has 21 heavy (non-hydrogen) atoms. The van der Waals surface area contributed by atoms with Gasteiger partial charge >= 0.3 is 0 Å². The molecular weight excluding hydrogens is 280 g/mol. The third-order valence-corrected chi connectivity index (χ3v) is 4.05. The highest BCUT2D eigenvalue weighted by Gasteiger charge is 2.03. The van der Waals surface area contributed by atoms with Gasteiger partial charge in [-0.25, -0.2) is 0 Å². The number of carbonyl (C=O) groups is 1. The standard InChI is InChI=1S/C17H14N2OS/c1-12(20)13-7-9-15(10-8-13)19-21-16-6-2-4-14-5-3-11-18-17(14)16/h2-11,19H,1H3. The highest BCUT2D eigenvalue weighted by molar-refractivity contribution is 8.00. The molecule has 1 heterocycles. The van der Waals surface area contributed by atoms with E-state index in [9.17, 15) is 4.79 Å². The number of Topliss-reactive ketones (excluding diaryl/α,β-unsaturated/α-hetero) is 1. The minimum atomic E-state index is 0.0763. The van der Waals surface area contributed by atoms with E-state index in [0.717, 1.165) is 27.0 Å². The third kappa shape index (κ3) is 3.06. The number of benzene rings is 2. The van der Waals surface area contributed by atoms with Crippen LogP contribution in [-0.4, -0.2) is 10.8 Å². The summed E-state index contributed by atoms with van der Waals surface area (Å²) in [6.45, 7) is 1.57. The average molecular weight is 294 g/mol. The van der Waals surface area contributed by atoms with Crippen LogP contribution in [0.15, 0.2) is 65.7 Å². The molecule has 104 valence electrons. The summed E-state index contributed by atoms with van der Waals surface area (Å²) in [5.41, 5.74) is 2.66. The molecule has 0 unspecified atom stereocenters. The zero-order chi connectivity index (χ0) is 14.7. The summed E-state index contributed by atoms with van der Waals surface area (Å²) in [6.07, 6.45) is 1.80. The highest BCUT2D eigenvalue weighted by Crippen LogP contribution is 2.27. The van der Waals surface area contributed by atoms with Gasteiger partial charge in [-0.2, -0.15) is 0 Å². The summed E-state index contributed by atoms with van der Waals surface area (Å²) in [5.74, 6) is 0.0763. The second-order valence-corrected chi connectivity index (χ2v) is 5.52. The minimum Gasteiger partial charge on any atom is -0.326 e. The quantitative estimate of drug-likeness (QED) is 0.566. The molecule has 0 aliphatic carbocycles. The Morgan fingerprint density at radius 1 is 1.05 bits per heavy atom. The van der Waals surface area contributed by atoms with Gasteiger partial charge in [0, 0.05) is 22.8 Å². The highest BCUT2D eigenvalue weighted by atomic mass is 32.2. The normalized spacial score (nSPS) is 10.5. The van der Waals surface area contributed by atoms with E-state index in [0.29, 0.717) is 0 Å². The van der Waals surface area contributed by atoms with Crippen molar-refractivity contribution in [3.63, 3.8) is 0 Å². The molecule has 0 atom stereocenters. The van der Waals surface area contributed by atoms with Gasteiger partial charge < -0.3 is 4.72 Å². The van der Waals surface area contributed by atoms with E-state index in [-0.39, 0.29) is 5.78 Å². The molecule has 2 aromatic carbocycles. The summed E-state index contributed by atoms with van der Waals surface area (Å²) in [6, 6.07) is 17.6. The largest absolute Gasteiger partial charge is 0.326 e. The van der Waals surface area contributed by atoms with Gasteiger partial charge in [-0.3, -0.25) is 9.78 Å². The summed E-state index contributed by atoms with van der Waals surface area (Å²) in [4.78, 5) is 16.7. The molecule has 0 saturated heterocycles. The number of ketones is 1. The number of fused-ring (bicyclic) bond motifs is 1. The monoisotopic (exact) mass is 294 g/mol. The fourth-order valence-corrected chi connectivity index (χ4v) is 2.82. The van der Waals surface area contributed by atoms with Gasteiger partial charge in [0.15, 0.2) is 5.78 Å². The molecular formula is C17H14N2OS. The minimum absolute atomic E-state index is 0.0763. The van der Waals surface area contributed by atoms with Crippen LogP contribution in [0.5, 0.6) is 0 Å². The number of nitrogens with one attached hydrogen (secondary N) is 1. The van der Waals surface area contributed by atoms with Crippen molar-refractivity contribution in [3.8, 4) is 0 Å². The van der Waals surface area contributed by atoms with Crippen molar-refractivity contribution >= 4 is 34.3 Å². The average Bonchev–Trinajstić information content (AvgIpc) is 2.53. The summed E-state index contributed by atoms with van der Waals surface area (Å²) >= 11 is 1.52. The smallest absolute Gasteiger partial charge is 0.159 e. The predicted molar refractivity (Wildman–Crippen MR) is 87.7 cm³/mol. The second kappa shape index (κ2) is 5.97. The molecule has 3 nitrogen and oxygen atoms in total. The second-order valence-electron chi connectivity index (χ2n) is 4.67. The van der Waals surface area contributed by atoms with Crippen molar-refractivity contribution in [3.05, 3.63) is 66.4 Å². The molecule has 4 heteroatoms. The summed E-state index contributed by atoms with van der Waals surface area (Å²) in [5, 5.41) is 1.12. The number of pyridine rings is 1. The molecule has 3 aromatic rings. The van der Waals surface area contributed by atoms with E-state index in [1.165, 1.54) is 11.9 Å². The summed E-state index contributed by atoms with van der Waals surface area (Å²) in [7, 11) is 0. The maximum Gasteiger partial charge on any atom is 0.159 e. The van der Waals surface area contributed by atoms with Crippen LogP contribution in [0.25, 0.3) is 10.9 Å². The van der Waals surface area contributed by atoms with Crippen LogP contribution in [-0.2, 0) is 0 Å². The van der Waals surface area contributed by atoms with Gasteiger partial charge in [0.1, 0.15) is 0 Å². The Hall–Kier alpha value is -2.33. The van der Waals surface area contributed by atoms with Crippen LogP contribution >= 0.6 is 11.9 Å². The molecule has 0 fully saturated rings. The lowest BCUT2D eigenvalue weighted by Crippen LogP contribution is -1.93. The Labute approximate surface area is 127 Å². The SMILES string of the molecule is CC(=O)c1ccc(NSc2cccc3cccnc23)cc1. The molecule has 0 aliphatic rings. The van der Waals surface area contributed by atoms with Crippen molar-refractivity contribution < 1.29 is 4.79 Å². The van der Waals surface area contributed by atoms with Crippen LogP contribution in [0.1, 0.15) is 17.3 Å². The van der Waals surface area contributed by atoms with Crippen LogP contribution in [0.2, 0.25) is 0 Å². The van der Waals surface area contributed by atoms with Crippen LogP contribution in [0.4, 0.5) is 5.69 Å². The summed E-state index contributed by atoms with van der Waals surface area (Å²) < 4.78 is 3.28.